The maximum Gasteiger partial charge on any atom is 0.294 e. The summed E-state index contributed by atoms with van der Waals surface area (Å²) in [6, 6.07) is 8.24. The second-order valence-corrected chi connectivity index (χ2v) is 8.08. The number of thioether (sulfide) groups is 1. The number of nitrogens with one attached hydrogen (secondary N) is 1. The molecule has 0 unspecified atom stereocenters. The van der Waals surface area contributed by atoms with Gasteiger partial charge in [-0.15, -0.1) is 10.2 Å². The third-order valence-corrected chi connectivity index (χ3v) is 5.24. The van der Waals surface area contributed by atoms with Crippen molar-refractivity contribution in [2.24, 2.45) is 5.92 Å². The maximum absolute atomic E-state index is 12.4. The van der Waals surface area contributed by atoms with Gasteiger partial charge >= 0.3 is 0 Å². The topological polar surface area (TPSA) is 103 Å². The maximum atomic E-state index is 12.4. The molecule has 0 radical (unpaired) electrons. The fourth-order valence-corrected chi connectivity index (χ4v) is 3.30. The minimum atomic E-state index is -0.418. The van der Waals surface area contributed by atoms with Crippen molar-refractivity contribution >= 4 is 17.7 Å². The van der Waals surface area contributed by atoms with Gasteiger partial charge in [-0.1, -0.05) is 63.7 Å². The molecule has 0 bridgehead atoms. The molecule has 27 heavy (non-hydrogen) atoms. The van der Waals surface area contributed by atoms with Crippen molar-refractivity contribution < 1.29 is 4.79 Å². The van der Waals surface area contributed by atoms with Crippen LogP contribution in [0.25, 0.3) is 0 Å². The predicted octanol–water partition coefficient (Wildman–Crippen LogP) is 2.39. The Labute approximate surface area is 163 Å². The highest BCUT2D eigenvalue weighted by molar-refractivity contribution is 7.99. The van der Waals surface area contributed by atoms with Crippen LogP contribution in [0, 0.1) is 12.8 Å². The van der Waals surface area contributed by atoms with Crippen molar-refractivity contribution in [2.75, 3.05) is 11.6 Å². The lowest BCUT2D eigenvalue weighted by atomic mass is 9.93. The summed E-state index contributed by atoms with van der Waals surface area (Å²) in [5.74, 6) is 6.34. The molecule has 3 N–H and O–H groups in total. The fraction of sp³-hybridized carbons (Fsp3) is 0.474. The Balaban J connectivity index is 2.05. The number of nitrogens with zero attached hydrogens (tertiary/aromatic N) is 3. The standard InChI is InChI=1S/C19H27N5O2S/c1-11(2)14-6-8-15(9-7-14)17(12(3)4)21-16(25)10-27-19-23-22-13(5)18(26)24(19)20/h6-9,11-12,17H,10,20H2,1-5H3,(H,21,25)/t17-/m1/s1. The van der Waals surface area contributed by atoms with Gasteiger partial charge in [0.1, 0.15) is 5.69 Å². The molecule has 1 atom stereocenters. The Morgan fingerprint density at radius 3 is 2.30 bits per heavy atom. The number of hydrogen-bond acceptors (Lipinski definition) is 6. The second-order valence-electron chi connectivity index (χ2n) is 7.14. The first-order valence-electron chi connectivity index (χ1n) is 8.94. The molecule has 1 aromatic carbocycles. The number of aromatic nitrogens is 3. The van der Waals surface area contributed by atoms with E-state index >= 15 is 0 Å². The van der Waals surface area contributed by atoms with Crippen LogP contribution < -0.4 is 16.7 Å². The number of benzene rings is 1. The summed E-state index contributed by atoms with van der Waals surface area (Å²) in [6.07, 6.45) is 0. The number of amides is 1. The average Bonchev–Trinajstić information content (AvgIpc) is 2.63. The van der Waals surface area contributed by atoms with Gasteiger partial charge in [-0.05, 0) is 29.9 Å². The fourth-order valence-electron chi connectivity index (χ4n) is 2.64. The molecule has 0 aliphatic rings. The lowest BCUT2D eigenvalue weighted by molar-refractivity contribution is -0.119. The molecule has 2 aromatic rings. The Morgan fingerprint density at radius 1 is 1.15 bits per heavy atom. The summed E-state index contributed by atoms with van der Waals surface area (Å²) < 4.78 is 0.921. The van der Waals surface area contributed by atoms with E-state index in [9.17, 15) is 9.59 Å². The van der Waals surface area contributed by atoms with E-state index in [1.54, 1.807) is 0 Å². The Kier molecular flexibility index (Phi) is 7.01. The molecule has 0 aliphatic carbocycles. The van der Waals surface area contributed by atoms with E-state index in [4.69, 9.17) is 5.84 Å². The monoisotopic (exact) mass is 389 g/mol. The molecule has 0 fully saturated rings. The first kappa shape index (κ1) is 21.0. The lowest BCUT2D eigenvalue weighted by Crippen LogP contribution is -2.34. The van der Waals surface area contributed by atoms with Crippen LogP contribution in [0.2, 0.25) is 0 Å². The Morgan fingerprint density at radius 2 is 1.74 bits per heavy atom. The van der Waals surface area contributed by atoms with E-state index < -0.39 is 5.56 Å². The quantitative estimate of drug-likeness (QED) is 0.557. The van der Waals surface area contributed by atoms with Gasteiger partial charge in [0.25, 0.3) is 5.56 Å². The third-order valence-electron chi connectivity index (χ3n) is 4.30. The van der Waals surface area contributed by atoms with Crippen molar-refractivity contribution in [1.82, 2.24) is 20.2 Å². The van der Waals surface area contributed by atoms with Crippen LogP contribution >= 0.6 is 11.8 Å². The summed E-state index contributed by atoms with van der Waals surface area (Å²) in [4.78, 5) is 24.2. The smallest absolute Gasteiger partial charge is 0.294 e. The highest BCUT2D eigenvalue weighted by Gasteiger charge is 2.19. The predicted molar refractivity (Wildman–Crippen MR) is 108 cm³/mol. The van der Waals surface area contributed by atoms with Crippen LogP contribution in [0.4, 0.5) is 0 Å². The van der Waals surface area contributed by atoms with Crippen LogP contribution in [0.1, 0.15) is 56.5 Å². The average molecular weight is 390 g/mol. The normalized spacial score (nSPS) is 12.4. The first-order chi connectivity index (χ1) is 12.7. The number of nitrogens with two attached hydrogens (primary N) is 1. The molecular weight excluding hydrogens is 362 g/mol. The number of aryl methyl sites for hydroxylation is 1. The molecule has 1 amide bonds. The van der Waals surface area contributed by atoms with Gasteiger partial charge in [-0.3, -0.25) is 9.59 Å². The zero-order valence-corrected chi connectivity index (χ0v) is 17.2. The van der Waals surface area contributed by atoms with Crippen molar-refractivity contribution in [3.05, 3.63) is 51.4 Å². The van der Waals surface area contributed by atoms with Crippen molar-refractivity contribution in [3.63, 3.8) is 0 Å². The number of hydrogen-bond donors (Lipinski definition) is 2. The summed E-state index contributed by atoms with van der Waals surface area (Å²) in [5.41, 5.74) is 2.13. The van der Waals surface area contributed by atoms with E-state index in [2.05, 4.69) is 67.5 Å². The molecule has 0 saturated heterocycles. The summed E-state index contributed by atoms with van der Waals surface area (Å²) >= 11 is 1.09. The van der Waals surface area contributed by atoms with Gasteiger partial charge < -0.3 is 11.2 Å². The van der Waals surface area contributed by atoms with Gasteiger partial charge in [0.2, 0.25) is 11.1 Å². The molecule has 0 aliphatic heterocycles. The number of rotatable bonds is 7. The van der Waals surface area contributed by atoms with E-state index in [0.29, 0.717) is 5.92 Å². The van der Waals surface area contributed by atoms with Gasteiger partial charge in [0, 0.05) is 0 Å². The van der Waals surface area contributed by atoms with Crippen LogP contribution in [0.5, 0.6) is 0 Å². The van der Waals surface area contributed by atoms with Gasteiger partial charge in [-0.25, -0.2) is 0 Å². The molecule has 0 saturated carbocycles. The van der Waals surface area contributed by atoms with Crippen LogP contribution in [-0.4, -0.2) is 26.5 Å². The van der Waals surface area contributed by atoms with Crippen molar-refractivity contribution in [1.29, 1.82) is 0 Å². The molecular formula is C19H27N5O2S. The molecule has 1 heterocycles. The van der Waals surface area contributed by atoms with Crippen molar-refractivity contribution in [2.45, 2.75) is 51.7 Å². The largest absolute Gasteiger partial charge is 0.348 e. The van der Waals surface area contributed by atoms with E-state index in [0.717, 1.165) is 22.0 Å². The van der Waals surface area contributed by atoms with Gasteiger partial charge in [-0.2, -0.15) is 4.68 Å². The molecule has 8 heteroatoms. The molecule has 1 aromatic heterocycles. The molecule has 7 nitrogen and oxygen atoms in total. The molecule has 146 valence electrons. The van der Waals surface area contributed by atoms with E-state index in [1.807, 2.05) is 0 Å². The summed E-state index contributed by atoms with van der Waals surface area (Å²) in [7, 11) is 0. The zero-order valence-electron chi connectivity index (χ0n) is 16.4. The second kappa shape index (κ2) is 9.03. The Hall–Kier alpha value is -2.35. The highest BCUT2D eigenvalue weighted by atomic mass is 32.2. The van der Waals surface area contributed by atoms with Crippen LogP contribution in [0.3, 0.4) is 0 Å². The molecule has 0 spiro atoms. The van der Waals surface area contributed by atoms with Crippen LogP contribution in [0.15, 0.2) is 34.2 Å². The van der Waals surface area contributed by atoms with Crippen LogP contribution in [-0.2, 0) is 4.79 Å². The number of nitrogen functional groups attached to an aromatic ring is 1. The number of carbonyl (C=O) groups excluding carboxylic acids is 1. The van der Waals surface area contributed by atoms with Crippen molar-refractivity contribution in [3.8, 4) is 0 Å². The summed E-state index contributed by atoms with van der Waals surface area (Å²) in [5, 5.41) is 10.9. The van der Waals surface area contributed by atoms with E-state index in [1.165, 1.54) is 12.5 Å². The zero-order chi connectivity index (χ0) is 20.1. The SMILES string of the molecule is Cc1nnc(SCC(=O)N[C@@H](c2ccc(C(C)C)cc2)C(C)C)n(N)c1=O. The minimum Gasteiger partial charge on any atom is -0.348 e. The lowest BCUT2D eigenvalue weighted by Gasteiger charge is -2.23. The first-order valence-corrected chi connectivity index (χ1v) is 9.92. The molecule has 2 rings (SSSR count). The number of carbonyl (C=O) groups is 1. The van der Waals surface area contributed by atoms with Gasteiger partial charge in [0.05, 0.1) is 11.8 Å². The van der Waals surface area contributed by atoms with E-state index in [-0.39, 0.29) is 34.5 Å². The third kappa shape index (κ3) is 5.32. The summed E-state index contributed by atoms with van der Waals surface area (Å²) in [6.45, 7) is 9.98. The highest BCUT2D eigenvalue weighted by Crippen LogP contribution is 2.24. The Bertz CT molecular complexity index is 846. The van der Waals surface area contributed by atoms with Gasteiger partial charge in [0.15, 0.2) is 0 Å². The minimum absolute atomic E-state index is 0.0940.